The highest BCUT2D eigenvalue weighted by molar-refractivity contribution is 9.10. The standard InChI is InChI=1S/C13H13BrN2O2/c1-8-3-5-11(9(14)7-8)18-13-10(15)4-6-12(16-13)17-2/h3-7H,15H2,1-2H3. The summed E-state index contributed by atoms with van der Waals surface area (Å²) in [5, 5.41) is 0. The summed E-state index contributed by atoms with van der Waals surface area (Å²) in [7, 11) is 1.55. The molecule has 0 unspecified atom stereocenters. The third-order valence-corrected chi connectivity index (χ3v) is 2.99. The smallest absolute Gasteiger partial charge is 0.246 e. The molecule has 0 fully saturated rings. The summed E-state index contributed by atoms with van der Waals surface area (Å²) >= 11 is 3.44. The number of halogens is 1. The number of nitrogens with zero attached hydrogens (tertiary/aromatic N) is 1. The normalized spacial score (nSPS) is 10.2. The average molecular weight is 309 g/mol. The molecule has 0 aliphatic heterocycles. The minimum atomic E-state index is 0.332. The van der Waals surface area contributed by atoms with Crippen molar-refractivity contribution in [3.63, 3.8) is 0 Å². The predicted molar refractivity (Wildman–Crippen MR) is 74.2 cm³/mol. The molecule has 0 spiro atoms. The lowest BCUT2D eigenvalue weighted by molar-refractivity contribution is 0.384. The summed E-state index contributed by atoms with van der Waals surface area (Å²) < 4.78 is 11.6. The van der Waals surface area contributed by atoms with E-state index in [1.165, 1.54) is 0 Å². The van der Waals surface area contributed by atoms with Crippen LogP contribution in [0.25, 0.3) is 0 Å². The number of aryl methyl sites for hydroxylation is 1. The van der Waals surface area contributed by atoms with E-state index >= 15 is 0 Å². The summed E-state index contributed by atoms with van der Waals surface area (Å²) in [5.41, 5.74) is 7.41. The number of aromatic nitrogens is 1. The molecule has 1 aromatic carbocycles. The topological polar surface area (TPSA) is 57.4 Å². The van der Waals surface area contributed by atoms with E-state index in [1.807, 2.05) is 25.1 Å². The largest absolute Gasteiger partial charge is 0.481 e. The van der Waals surface area contributed by atoms with Gasteiger partial charge in [-0.2, -0.15) is 4.98 Å². The quantitative estimate of drug-likeness (QED) is 0.942. The lowest BCUT2D eigenvalue weighted by Crippen LogP contribution is -1.97. The molecule has 94 valence electrons. The van der Waals surface area contributed by atoms with Crippen molar-refractivity contribution in [1.82, 2.24) is 4.98 Å². The Kier molecular flexibility index (Phi) is 3.72. The number of hydrogen-bond donors (Lipinski definition) is 1. The van der Waals surface area contributed by atoms with E-state index in [4.69, 9.17) is 15.2 Å². The highest BCUT2D eigenvalue weighted by Crippen LogP contribution is 2.32. The van der Waals surface area contributed by atoms with Crippen molar-refractivity contribution in [1.29, 1.82) is 0 Å². The van der Waals surface area contributed by atoms with Crippen LogP contribution in [0.1, 0.15) is 5.56 Å². The number of nitrogen functional groups attached to an aromatic ring is 1. The molecule has 0 amide bonds. The van der Waals surface area contributed by atoms with Crippen molar-refractivity contribution in [2.24, 2.45) is 0 Å². The van der Waals surface area contributed by atoms with Gasteiger partial charge in [0, 0.05) is 6.07 Å². The number of rotatable bonds is 3. The molecular weight excluding hydrogens is 296 g/mol. The van der Waals surface area contributed by atoms with E-state index in [0.717, 1.165) is 10.0 Å². The van der Waals surface area contributed by atoms with Gasteiger partial charge in [0.05, 0.1) is 17.3 Å². The predicted octanol–water partition coefficient (Wildman–Crippen LogP) is 3.54. The summed E-state index contributed by atoms with van der Waals surface area (Å²) in [5.74, 6) is 1.45. The van der Waals surface area contributed by atoms with E-state index < -0.39 is 0 Å². The first-order valence-electron chi connectivity index (χ1n) is 5.34. The number of nitrogens with two attached hydrogens (primary N) is 1. The highest BCUT2D eigenvalue weighted by atomic mass is 79.9. The summed E-state index contributed by atoms with van der Waals surface area (Å²) in [6.45, 7) is 2.01. The molecule has 0 radical (unpaired) electrons. The fourth-order valence-corrected chi connectivity index (χ4v) is 2.00. The molecule has 0 aliphatic rings. The molecule has 2 N–H and O–H groups in total. The van der Waals surface area contributed by atoms with Gasteiger partial charge in [0.2, 0.25) is 11.8 Å². The Morgan fingerprint density at radius 1 is 1.22 bits per heavy atom. The Labute approximate surface area is 114 Å². The average Bonchev–Trinajstić information content (AvgIpc) is 2.35. The number of methoxy groups -OCH3 is 1. The molecule has 1 heterocycles. The second-order valence-corrected chi connectivity index (χ2v) is 4.64. The first kappa shape index (κ1) is 12.7. The highest BCUT2D eigenvalue weighted by Gasteiger charge is 2.08. The Balaban J connectivity index is 2.33. The van der Waals surface area contributed by atoms with Crippen LogP contribution < -0.4 is 15.2 Å². The lowest BCUT2D eigenvalue weighted by Gasteiger charge is -2.10. The van der Waals surface area contributed by atoms with Gasteiger partial charge in [-0.15, -0.1) is 0 Å². The zero-order valence-electron chi connectivity index (χ0n) is 10.1. The van der Waals surface area contributed by atoms with Gasteiger partial charge < -0.3 is 15.2 Å². The van der Waals surface area contributed by atoms with E-state index in [2.05, 4.69) is 20.9 Å². The van der Waals surface area contributed by atoms with Crippen LogP contribution >= 0.6 is 15.9 Å². The van der Waals surface area contributed by atoms with E-state index in [1.54, 1.807) is 19.2 Å². The number of anilines is 1. The Morgan fingerprint density at radius 2 is 2.00 bits per heavy atom. The number of hydrogen-bond acceptors (Lipinski definition) is 4. The lowest BCUT2D eigenvalue weighted by atomic mass is 10.2. The van der Waals surface area contributed by atoms with Crippen molar-refractivity contribution in [3.05, 3.63) is 40.4 Å². The van der Waals surface area contributed by atoms with E-state index in [0.29, 0.717) is 23.2 Å². The van der Waals surface area contributed by atoms with Crippen molar-refractivity contribution in [2.75, 3.05) is 12.8 Å². The molecule has 0 saturated carbocycles. The molecular formula is C13H13BrN2O2. The monoisotopic (exact) mass is 308 g/mol. The van der Waals surface area contributed by atoms with Crippen LogP contribution in [-0.2, 0) is 0 Å². The third-order valence-electron chi connectivity index (χ3n) is 2.37. The Hall–Kier alpha value is -1.75. The van der Waals surface area contributed by atoms with Crippen LogP contribution in [0, 0.1) is 6.92 Å². The van der Waals surface area contributed by atoms with Crippen molar-refractivity contribution in [2.45, 2.75) is 6.92 Å². The van der Waals surface area contributed by atoms with Gasteiger partial charge in [0.1, 0.15) is 5.75 Å². The van der Waals surface area contributed by atoms with Crippen LogP contribution in [-0.4, -0.2) is 12.1 Å². The van der Waals surface area contributed by atoms with Gasteiger partial charge in [0.25, 0.3) is 0 Å². The molecule has 0 saturated heterocycles. The minimum absolute atomic E-state index is 0.332. The maximum Gasteiger partial charge on any atom is 0.246 e. The second-order valence-electron chi connectivity index (χ2n) is 3.78. The van der Waals surface area contributed by atoms with Gasteiger partial charge in [-0.05, 0) is 46.6 Å². The van der Waals surface area contributed by atoms with Gasteiger partial charge in [-0.25, -0.2) is 0 Å². The molecule has 0 bridgehead atoms. The molecule has 2 rings (SSSR count). The van der Waals surface area contributed by atoms with E-state index in [-0.39, 0.29) is 0 Å². The van der Waals surface area contributed by atoms with Crippen LogP contribution in [0.4, 0.5) is 5.69 Å². The van der Waals surface area contributed by atoms with Crippen LogP contribution in [0.15, 0.2) is 34.8 Å². The fourth-order valence-electron chi connectivity index (χ4n) is 1.42. The maximum absolute atomic E-state index is 5.81. The summed E-state index contributed by atoms with van der Waals surface area (Å²) in [6, 6.07) is 9.16. The van der Waals surface area contributed by atoms with Gasteiger partial charge in [-0.1, -0.05) is 6.07 Å². The number of pyridine rings is 1. The molecule has 18 heavy (non-hydrogen) atoms. The number of benzene rings is 1. The van der Waals surface area contributed by atoms with Crippen LogP contribution in [0.2, 0.25) is 0 Å². The molecule has 4 nitrogen and oxygen atoms in total. The molecule has 0 atom stereocenters. The third kappa shape index (κ3) is 2.73. The van der Waals surface area contributed by atoms with E-state index in [9.17, 15) is 0 Å². The first-order valence-corrected chi connectivity index (χ1v) is 6.14. The van der Waals surface area contributed by atoms with Crippen molar-refractivity contribution >= 4 is 21.6 Å². The van der Waals surface area contributed by atoms with Crippen LogP contribution in [0.3, 0.4) is 0 Å². The van der Waals surface area contributed by atoms with Crippen LogP contribution in [0.5, 0.6) is 17.5 Å². The summed E-state index contributed by atoms with van der Waals surface area (Å²) in [6.07, 6.45) is 0. The fraction of sp³-hybridized carbons (Fsp3) is 0.154. The minimum Gasteiger partial charge on any atom is -0.481 e. The van der Waals surface area contributed by atoms with Gasteiger partial charge >= 0.3 is 0 Å². The molecule has 5 heteroatoms. The molecule has 2 aromatic rings. The van der Waals surface area contributed by atoms with Gasteiger partial charge in [-0.3, -0.25) is 0 Å². The first-order chi connectivity index (χ1) is 8.60. The summed E-state index contributed by atoms with van der Waals surface area (Å²) in [4.78, 5) is 4.16. The SMILES string of the molecule is COc1ccc(N)c(Oc2ccc(C)cc2Br)n1. The van der Waals surface area contributed by atoms with Gasteiger partial charge in [0.15, 0.2) is 0 Å². The molecule has 0 aliphatic carbocycles. The van der Waals surface area contributed by atoms with Crippen molar-refractivity contribution < 1.29 is 9.47 Å². The zero-order chi connectivity index (χ0) is 13.1. The van der Waals surface area contributed by atoms with Crippen molar-refractivity contribution in [3.8, 4) is 17.5 Å². The maximum atomic E-state index is 5.81. The number of ether oxygens (including phenoxy) is 2. The second kappa shape index (κ2) is 5.27. The zero-order valence-corrected chi connectivity index (χ0v) is 11.7. The Bertz CT molecular complexity index is 573. The molecule has 1 aromatic heterocycles. The Morgan fingerprint density at radius 3 is 2.67 bits per heavy atom.